The Bertz CT molecular complexity index is 1710. The number of amides is 2. The van der Waals surface area contributed by atoms with Crippen molar-refractivity contribution in [2.24, 2.45) is 0 Å². The molecule has 1 aliphatic rings. The number of benzene rings is 1. The maximum Gasteiger partial charge on any atom is 0.410 e. The van der Waals surface area contributed by atoms with Crippen LogP contribution in [0.15, 0.2) is 42.7 Å². The molecule has 0 bridgehead atoms. The van der Waals surface area contributed by atoms with Crippen molar-refractivity contribution in [3.05, 3.63) is 65.4 Å². The number of fused-ring (bicyclic) bond motifs is 1. The summed E-state index contributed by atoms with van der Waals surface area (Å²) in [5.41, 5.74) is 5.57. The molecule has 0 saturated carbocycles. The molecule has 12 heteroatoms. The van der Waals surface area contributed by atoms with E-state index in [1.165, 1.54) is 4.80 Å². The predicted molar refractivity (Wildman–Crippen MR) is 162 cm³/mol. The number of hydrogen-bond acceptors (Lipinski definition) is 8. The molecule has 0 aliphatic carbocycles. The molecule has 3 aromatic heterocycles. The van der Waals surface area contributed by atoms with Crippen LogP contribution < -0.4 is 5.32 Å². The molecule has 1 atom stereocenters. The Morgan fingerprint density at radius 3 is 2.49 bits per heavy atom. The van der Waals surface area contributed by atoms with Crippen molar-refractivity contribution < 1.29 is 14.3 Å². The Labute approximate surface area is 251 Å². The van der Waals surface area contributed by atoms with E-state index in [1.54, 1.807) is 11.1 Å². The minimum absolute atomic E-state index is 0.0337. The number of aromatic nitrogens is 7. The zero-order chi connectivity index (χ0) is 31.1. The summed E-state index contributed by atoms with van der Waals surface area (Å²) in [4.78, 5) is 33.6. The Hall–Kier alpha value is -4.61. The van der Waals surface area contributed by atoms with Gasteiger partial charge in [-0.25, -0.2) is 14.3 Å². The highest BCUT2D eigenvalue weighted by Gasteiger charge is 2.25. The Balaban J connectivity index is 1.36. The lowest BCUT2D eigenvalue weighted by Gasteiger charge is -2.29. The second-order valence-corrected chi connectivity index (χ2v) is 12.9. The number of hydrogen-bond donors (Lipinski definition) is 1. The highest BCUT2D eigenvalue weighted by atomic mass is 16.6. The summed E-state index contributed by atoms with van der Waals surface area (Å²) in [6.45, 7) is 16.4. The lowest BCUT2D eigenvalue weighted by atomic mass is 9.98. The van der Waals surface area contributed by atoms with Crippen LogP contribution in [0, 0.1) is 6.92 Å². The van der Waals surface area contributed by atoms with Crippen LogP contribution in [-0.4, -0.2) is 70.4 Å². The van der Waals surface area contributed by atoms with E-state index in [9.17, 15) is 9.59 Å². The maximum atomic E-state index is 12.8. The average molecular weight is 586 g/mol. The summed E-state index contributed by atoms with van der Waals surface area (Å²) in [5.74, 6) is -0.348. The fourth-order valence-electron chi connectivity index (χ4n) is 4.93. The topological polar surface area (TPSA) is 132 Å². The Morgan fingerprint density at radius 2 is 1.86 bits per heavy atom. The molecular formula is C31H39N9O3. The summed E-state index contributed by atoms with van der Waals surface area (Å²) >= 11 is 0. The van der Waals surface area contributed by atoms with Gasteiger partial charge in [0.05, 0.1) is 40.9 Å². The molecule has 0 spiro atoms. The van der Waals surface area contributed by atoms with Crippen molar-refractivity contribution in [1.82, 2.24) is 45.0 Å². The largest absolute Gasteiger partial charge is 0.444 e. The van der Waals surface area contributed by atoms with E-state index >= 15 is 0 Å². The second kappa shape index (κ2) is 11.2. The average Bonchev–Trinajstić information content (AvgIpc) is 3.62. The number of nitrogens with zero attached hydrogens (tertiary/aromatic N) is 8. The highest BCUT2D eigenvalue weighted by molar-refractivity contribution is 5.90. The number of tetrazole rings is 1. The summed E-state index contributed by atoms with van der Waals surface area (Å²) in [7, 11) is 0. The van der Waals surface area contributed by atoms with Gasteiger partial charge in [-0.2, -0.15) is 9.90 Å². The monoisotopic (exact) mass is 585 g/mol. The molecule has 1 aliphatic heterocycles. The third-order valence-corrected chi connectivity index (χ3v) is 7.15. The molecule has 43 heavy (non-hydrogen) atoms. The second-order valence-electron chi connectivity index (χ2n) is 12.9. The smallest absolute Gasteiger partial charge is 0.410 e. The van der Waals surface area contributed by atoms with Gasteiger partial charge in [0.2, 0.25) is 0 Å². The summed E-state index contributed by atoms with van der Waals surface area (Å²) in [5, 5.41) is 19.7. The lowest BCUT2D eigenvalue weighted by Crippen LogP contribution is -2.39. The minimum Gasteiger partial charge on any atom is -0.444 e. The minimum atomic E-state index is -0.537. The van der Waals surface area contributed by atoms with Gasteiger partial charge in [-0.1, -0.05) is 18.2 Å². The normalized spacial score (nSPS) is 14.9. The third-order valence-electron chi connectivity index (χ3n) is 7.15. The van der Waals surface area contributed by atoms with Crippen molar-refractivity contribution in [3.8, 4) is 11.3 Å². The molecule has 4 heterocycles. The Morgan fingerprint density at radius 1 is 1.09 bits per heavy atom. The zero-order valence-electron chi connectivity index (χ0n) is 26.0. The molecule has 5 rings (SSSR count). The van der Waals surface area contributed by atoms with Crippen LogP contribution in [0.25, 0.3) is 22.3 Å². The fraction of sp³-hybridized carbons (Fsp3) is 0.452. The molecule has 0 saturated heterocycles. The molecule has 0 unspecified atom stereocenters. The van der Waals surface area contributed by atoms with Gasteiger partial charge in [0.25, 0.3) is 11.7 Å². The number of aryl methyl sites for hydroxylation is 1. The van der Waals surface area contributed by atoms with Gasteiger partial charge < -0.3 is 15.0 Å². The van der Waals surface area contributed by atoms with E-state index in [1.807, 2.05) is 90.4 Å². The number of carbonyl (C=O) groups excluding carboxylic acids is 2. The van der Waals surface area contributed by atoms with Gasteiger partial charge >= 0.3 is 6.09 Å². The van der Waals surface area contributed by atoms with Gasteiger partial charge in [-0.3, -0.25) is 4.79 Å². The number of ether oxygens (including phenoxy) is 1. The van der Waals surface area contributed by atoms with Crippen LogP contribution in [0.4, 0.5) is 4.79 Å². The number of rotatable bonds is 5. The molecule has 226 valence electrons. The lowest BCUT2D eigenvalue weighted by molar-refractivity contribution is 0.0270. The Kier molecular flexibility index (Phi) is 7.80. The van der Waals surface area contributed by atoms with Gasteiger partial charge in [-0.15, -0.1) is 10.2 Å². The van der Waals surface area contributed by atoms with Crippen LogP contribution in [0.2, 0.25) is 0 Å². The van der Waals surface area contributed by atoms with Crippen LogP contribution in [0.5, 0.6) is 0 Å². The molecule has 4 aromatic rings. The van der Waals surface area contributed by atoms with E-state index in [2.05, 4.69) is 31.9 Å². The van der Waals surface area contributed by atoms with Crippen molar-refractivity contribution in [2.75, 3.05) is 13.1 Å². The first-order chi connectivity index (χ1) is 20.2. The molecule has 12 nitrogen and oxygen atoms in total. The van der Waals surface area contributed by atoms with E-state index < -0.39 is 5.60 Å². The quantitative estimate of drug-likeness (QED) is 0.348. The van der Waals surface area contributed by atoms with Gasteiger partial charge in [0.15, 0.2) is 0 Å². The van der Waals surface area contributed by atoms with Crippen molar-refractivity contribution in [2.45, 2.75) is 79.0 Å². The highest BCUT2D eigenvalue weighted by Crippen LogP contribution is 2.30. The molecular weight excluding hydrogens is 546 g/mol. The van der Waals surface area contributed by atoms with E-state index in [0.29, 0.717) is 19.5 Å². The molecule has 1 N–H and O–H groups in total. The maximum absolute atomic E-state index is 12.8. The van der Waals surface area contributed by atoms with Gasteiger partial charge in [0, 0.05) is 18.7 Å². The summed E-state index contributed by atoms with van der Waals surface area (Å²) < 4.78 is 7.37. The van der Waals surface area contributed by atoms with E-state index in [4.69, 9.17) is 9.72 Å². The summed E-state index contributed by atoms with van der Waals surface area (Å²) in [6, 6.07) is 7.75. The van der Waals surface area contributed by atoms with Gasteiger partial charge in [0.1, 0.15) is 5.60 Å². The van der Waals surface area contributed by atoms with Crippen LogP contribution in [0.1, 0.15) is 88.4 Å². The van der Waals surface area contributed by atoms with Crippen LogP contribution in [-0.2, 0) is 10.3 Å². The van der Waals surface area contributed by atoms with Crippen LogP contribution >= 0.6 is 0 Å². The first-order valence-corrected chi connectivity index (χ1v) is 14.4. The first kappa shape index (κ1) is 29.9. The van der Waals surface area contributed by atoms with Crippen molar-refractivity contribution in [1.29, 1.82) is 0 Å². The summed E-state index contributed by atoms with van der Waals surface area (Å²) in [6.07, 6.45) is 6.06. The standard InChI is InChI=1S/C31H39N9O3/c1-19-17-22(9-10-23(19)20(2)33-28(41)27-35-37-40(36-27)30(3,4)5)26-25-11-14-32-39(25)18-24(34-26)21-12-15-38(16-13-21)29(42)43-31(6,7)8/h9-12,14,17-18,20H,13,15-16H2,1-8H3,(H,33,41)/t20-/m1/s1. The SMILES string of the molecule is Cc1cc(-c2nc(C3=CCN(C(=O)OC(C)(C)C)CC3)cn3nccc23)ccc1[C@@H](C)NC(=O)c1nnn(C(C)(C)C)n1. The molecule has 0 fully saturated rings. The number of carbonyl (C=O) groups is 2. The predicted octanol–water partition coefficient (Wildman–Crippen LogP) is 4.96. The first-order valence-electron chi connectivity index (χ1n) is 14.4. The molecule has 0 radical (unpaired) electrons. The number of nitrogens with one attached hydrogen (secondary N) is 1. The third kappa shape index (κ3) is 6.58. The van der Waals surface area contributed by atoms with Crippen molar-refractivity contribution in [3.63, 3.8) is 0 Å². The van der Waals surface area contributed by atoms with E-state index in [0.717, 1.165) is 39.2 Å². The molecule has 2 amide bonds. The van der Waals surface area contributed by atoms with Crippen LogP contribution in [0.3, 0.4) is 0 Å². The fourth-order valence-corrected chi connectivity index (χ4v) is 4.93. The van der Waals surface area contributed by atoms with Gasteiger partial charge in [-0.05, 0) is 95.9 Å². The van der Waals surface area contributed by atoms with Crippen molar-refractivity contribution >= 4 is 23.1 Å². The zero-order valence-corrected chi connectivity index (χ0v) is 26.0. The molecule has 1 aromatic carbocycles. The van der Waals surface area contributed by atoms with E-state index in [-0.39, 0.29) is 29.4 Å².